The van der Waals surface area contributed by atoms with Gasteiger partial charge in [0.15, 0.2) is 0 Å². The highest BCUT2D eigenvalue weighted by Gasteiger charge is 2.21. The molecule has 0 aliphatic carbocycles. The fourth-order valence-electron chi connectivity index (χ4n) is 3.37. The maximum Gasteiger partial charge on any atom is 0.119 e. The molecule has 5 heteroatoms. The van der Waals surface area contributed by atoms with E-state index in [9.17, 15) is 5.11 Å². The van der Waals surface area contributed by atoms with Gasteiger partial charge in [-0.2, -0.15) is 0 Å². The Bertz CT molecular complexity index is 673. The van der Waals surface area contributed by atoms with Crippen molar-refractivity contribution in [2.24, 2.45) is 0 Å². The van der Waals surface area contributed by atoms with Crippen LogP contribution in [0.4, 0.5) is 0 Å². The Morgan fingerprint density at radius 3 is 2.70 bits per heavy atom. The standard InChI is InChI=1S/C22H29NO4/c1-25-21-10-5-7-18(13-21)14-23(16-22-11-6-12-26-22)15-19(24)17-27-20-8-3-2-4-9-20/h2-5,7-10,13,19,22,24H,6,11-12,14-17H2,1H3/t19-,22-/m0/s1. The highest BCUT2D eigenvalue weighted by atomic mass is 16.5. The van der Waals surface area contributed by atoms with Crippen molar-refractivity contribution in [2.45, 2.75) is 31.6 Å². The molecule has 1 fully saturated rings. The van der Waals surface area contributed by atoms with Crippen molar-refractivity contribution in [1.82, 2.24) is 4.90 Å². The molecule has 1 saturated heterocycles. The second-order valence-corrected chi connectivity index (χ2v) is 6.96. The zero-order valence-corrected chi connectivity index (χ0v) is 15.9. The Hall–Kier alpha value is -2.08. The van der Waals surface area contributed by atoms with Crippen LogP contribution in [0.1, 0.15) is 18.4 Å². The van der Waals surface area contributed by atoms with Crippen LogP contribution in [0.5, 0.6) is 11.5 Å². The third kappa shape index (κ3) is 6.54. The van der Waals surface area contributed by atoms with Crippen molar-refractivity contribution < 1.29 is 19.3 Å². The van der Waals surface area contributed by atoms with Crippen molar-refractivity contribution in [3.05, 3.63) is 60.2 Å². The van der Waals surface area contributed by atoms with E-state index in [1.165, 1.54) is 0 Å². The first-order valence-corrected chi connectivity index (χ1v) is 9.56. The summed E-state index contributed by atoms with van der Waals surface area (Å²) in [5.41, 5.74) is 1.16. The number of methoxy groups -OCH3 is 1. The molecule has 0 unspecified atom stereocenters. The van der Waals surface area contributed by atoms with Crippen LogP contribution in [0.25, 0.3) is 0 Å². The first kappa shape index (κ1) is 19.7. The Balaban J connectivity index is 1.58. The molecule has 2 aromatic carbocycles. The van der Waals surface area contributed by atoms with Crippen LogP contribution in [-0.4, -0.2) is 55.6 Å². The van der Waals surface area contributed by atoms with Gasteiger partial charge >= 0.3 is 0 Å². The number of hydrogen-bond donors (Lipinski definition) is 1. The number of para-hydroxylation sites is 1. The lowest BCUT2D eigenvalue weighted by molar-refractivity contribution is 0.0313. The quantitative estimate of drug-likeness (QED) is 0.695. The van der Waals surface area contributed by atoms with Gasteiger partial charge in [0.05, 0.1) is 13.2 Å². The molecule has 3 rings (SSSR count). The van der Waals surface area contributed by atoms with Gasteiger partial charge in [0.2, 0.25) is 0 Å². The average Bonchev–Trinajstić information content (AvgIpc) is 3.20. The van der Waals surface area contributed by atoms with Crippen molar-refractivity contribution in [3.8, 4) is 11.5 Å². The Labute approximate surface area is 161 Å². The van der Waals surface area contributed by atoms with Gasteiger partial charge in [-0.05, 0) is 42.7 Å². The molecule has 1 aliphatic rings. The number of hydrogen-bond acceptors (Lipinski definition) is 5. The van der Waals surface area contributed by atoms with Crippen molar-refractivity contribution in [2.75, 3.05) is 33.4 Å². The molecule has 0 radical (unpaired) electrons. The van der Waals surface area contributed by atoms with Gasteiger partial charge in [-0.1, -0.05) is 30.3 Å². The van der Waals surface area contributed by atoms with Gasteiger partial charge in [0, 0.05) is 26.2 Å². The predicted molar refractivity (Wildman–Crippen MR) is 105 cm³/mol. The van der Waals surface area contributed by atoms with E-state index in [1.54, 1.807) is 7.11 Å². The van der Waals surface area contributed by atoms with E-state index in [1.807, 2.05) is 48.5 Å². The molecular weight excluding hydrogens is 342 g/mol. The summed E-state index contributed by atoms with van der Waals surface area (Å²) in [4.78, 5) is 2.24. The van der Waals surface area contributed by atoms with E-state index in [0.717, 1.165) is 49.6 Å². The summed E-state index contributed by atoms with van der Waals surface area (Å²) in [6, 6.07) is 17.6. The van der Waals surface area contributed by atoms with Crippen LogP contribution in [0, 0.1) is 0 Å². The minimum absolute atomic E-state index is 0.234. The van der Waals surface area contributed by atoms with E-state index in [2.05, 4.69) is 11.0 Å². The van der Waals surface area contributed by atoms with E-state index >= 15 is 0 Å². The maximum absolute atomic E-state index is 10.5. The van der Waals surface area contributed by atoms with E-state index < -0.39 is 6.10 Å². The molecule has 0 spiro atoms. The third-order valence-corrected chi connectivity index (χ3v) is 4.68. The minimum atomic E-state index is -0.572. The van der Waals surface area contributed by atoms with Crippen LogP contribution < -0.4 is 9.47 Å². The van der Waals surface area contributed by atoms with Gasteiger partial charge in [-0.3, -0.25) is 4.90 Å². The number of ether oxygens (including phenoxy) is 3. The minimum Gasteiger partial charge on any atom is -0.497 e. The number of aliphatic hydroxyl groups excluding tert-OH is 1. The van der Waals surface area contributed by atoms with Crippen molar-refractivity contribution in [1.29, 1.82) is 0 Å². The predicted octanol–water partition coefficient (Wildman–Crippen LogP) is 3.12. The molecule has 1 aliphatic heterocycles. The number of rotatable bonds is 10. The van der Waals surface area contributed by atoms with Crippen LogP contribution in [0.3, 0.4) is 0 Å². The zero-order valence-electron chi connectivity index (χ0n) is 15.9. The van der Waals surface area contributed by atoms with E-state index in [-0.39, 0.29) is 12.7 Å². The second-order valence-electron chi connectivity index (χ2n) is 6.96. The fraction of sp³-hybridized carbons (Fsp3) is 0.455. The average molecular weight is 371 g/mol. The summed E-state index contributed by atoms with van der Waals surface area (Å²) < 4.78 is 16.8. The molecule has 146 valence electrons. The highest BCUT2D eigenvalue weighted by Crippen LogP contribution is 2.18. The SMILES string of the molecule is COc1cccc(CN(C[C@H](O)COc2ccccc2)C[C@@H]2CCCO2)c1. The van der Waals surface area contributed by atoms with Crippen LogP contribution >= 0.6 is 0 Å². The third-order valence-electron chi connectivity index (χ3n) is 4.68. The van der Waals surface area contributed by atoms with Gasteiger partial charge < -0.3 is 19.3 Å². The van der Waals surface area contributed by atoms with Gasteiger partial charge in [-0.25, -0.2) is 0 Å². The van der Waals surface area contributed by atoms with Gasteiger partial charge in [0.1, 0.15) is 24.2 Å². The molecule has 1 heterocycles. The molecule has 27 heavy (non-hydrogen) atoms. The molecular formula is C22H29NO4. The molecule has 0 amide bonds. The second kappa shape index (κ2) is 10.3. The summed E-state index contributed by atoms with van der Waals surface area (Å²) >= 11 is 0. The molecule has 0 aromatic heterocycles. The number of benzene rings is 2. The van der Waals surface area contributed by atoms with Crippen molar-refractivity contribution >= 4 is 0 Å². The molecule has 2 atom stereocenters. The summed E-state index contributed by atoms with van der Waals surface area (Å²) in [7, 11) is 1.67. The van der Waals surface area contributed by atoms with Gasteiger partial charge in [-0.15, -0.1) is 0 Å². The topological polar surface area (TPSA) is 51.2 Å². The number of aliphatic hydroxyl groups is 1. The molecule has 5 nitrogen and oxygen atoms in total. The Kier molecular flexibility index (Phi) is 7.51. The Morgan fingerprint density at radius 2 is 1.96 bits per heavy atom. The largest absolute Gasteiger partial charge is 0.497 e. The Morgan fingerprint density at radius 1 is 1.15 bits per heavy atom. The summed E-state index contributed by atoms with van der Waals surface area (Å²) in [6.45, 7) is 3.17. The van der Waals surface area contributed by atoms with E-state index in [4.69, 9.17) is 14.2 Å². The van der Waals surface area contributed by atoms with Crippen LogP contribution in [-0.2, 0) is 11.3 Å². The van der Waals surface area contributed by atoms with Crippen molar-refractivity contribution in [3.63, 3.8) is 0 Å². The first-order valence-electron chi connectivity index (χ1n) is 9.56. The molecule has 1 N–H and O–H groups in total. The molecule has 0 bridgehead atoms. The summed E-state index contributed by atoms with van der Waals surface area (Å²) in [5.74, 6) is 1.62. The van der Waals surface area contributed by atoms with E-state index in [0.29, 0.717) is 6.54 Å². The lowest BCUT2D eigenvalue weighted by Crippen LogP contribution is -2.39. The smallest absolute Gasteiger partial charge is 0.119 e. The lowest BCUT2D eigenvalue weighted by Gasteiger charge is -2.27. The molecule has 2 aromatic rings. The summed E-state index contributed by atoms with van der Waals surface area (Å²) in [6.07, 6.45) is 1.85. The zero-order chi connectivity index (χ0) is 18.9. The fourth-order valence-corrected chi connectivity index (χ4v) is 3.37. The highest BCUT2D eigenvalue weighted by molar-refractivity contribution is 5.28. The molecule has 0 saturated carbocycles. The lowest BCUT2D eigenvalue weighted by atomic mass is 10.1. The maximum atomic E-state index is 10.5. The summed E-state index contributed by atoms with van der Waals surface area (Å²) in [5, 5.41) is 10.5. The van der Waals surface area contributed by atoms with Gasteiger partial charge in [0.25, 0.3) is 0 Å². The van der Waals surface area contributed by atoms with Crippen LogP contribution in [0.15, 0.2) is 54.6 Å². The number of nitrogens with zero attached hydrogens (tertiary/aromatic N) is 1. The monoisotopic (exact) mass is 371 g/mol. The van der Waals surface area contributed by atoms with Crippen LogP contribution in [0.2, 0.25) is 0 Å². The normalized spacial score (nSPS) is 17.8. The first-order chi connectivity index (χ1) is 13.2.